The van der Waals surface area contributed by atoms with Crippen LogP contribution in [0.4, 0.5) is 0 Å². The van der Waals surface area contributed by atoms with E-state index < -0.39 is 12.0 Å². The zero-order chi connectivity index (χ0) is 22.1. The van der Waals surface area contributed by atoms with Gasteiger partial charge in [0.15, 0.2) is 5.43 Å². The standard InChI is InChI=1S/C24H24N2O5/c1-25(2)13-6-14-26-20(15-9-11-16(12-10-15)24(29)30-3)19-21(27)17-7-4-5-8-18(17)31-22(19)23(26)28/h4-5,7-12,20H,6,13-14H2,1-3H3/t20-/m0/s1. The Kier molecular flexibility index (Phi) is 5.61. The van der Waals surface area contributed by atoms with E-state index >= 15 is 0 Å². The number of benzene rings is 2. The molecule has 0 saturated heterocycles. The fourth-order valence-corrected chi connectivity index (χ4v) is 4.02. The Morgan fingerprint density at radius 1 is 1.10 bits per heavy atom. The number of rotatable bonds is 6. The van der Waals surface area contributed by atoms with E-state index in [4.69, 9.17) is 9.15 Å². The van der Waals surface area contributed by atoms with Crippen molar-refractivity contribution in [2.24, 2.45) is 0 Å². The van der Waals surface area contributed by atoms with Crippen molar-refractivity contribution in [1.82, 2.24) is 9.80 Å². The van der Waals surface area contributed by atoms with E-state index in [0.717, 1.165) is 18.5 Å². The van der Waals surface area contributed by atoms with E-state index in [1.54, 1.807) is 53.4 Å². The molecule has 4 rings (SSSR count). The second-order valence-electron chi connectivity index (χ2n) is 7.84. The molecule has 0 fully saturated rings. The summed E-state index contributed by atoms with van der Waals surface area (Å²) in [5, 5.41) is 0.445. The highest BCUT2D eigenvalue weighted by Crippen LogP contribution is 2.38. The van der Waals surface area contributed by atoms with Gasteiger partial charge in [0.25, 0.3) is 5.91 Å². The van der Waals surface area contributed by atoms with Gasteiger partial charge < -0.3 is 19.0 Å². The molecule has 1 atom stereocenters. The van der Waals surface area contributed by atoms with Crippen molar-refractivity contribution in [1.29, 1.82) is 0 Å². The predicted octanol–water partition coefficient (Wildman–Crippen LogP) is 3.08. The summed E-state index contributed by atoms with van der Waals surface area (Å²) in [6.07, 6.45) is 0.747. The van der Waals surface area contributed by atoms with E-state index in [9.17, 15) is 14.4 Å². The van der Waals surface area contributed by atoms with Crippen LogP contribution in [0.25, 0.3) is 11.0 Å². The van der Waals surface area contributed by atoms with Gasteiger partial charge in [0.2, 0.25) is 5.76 Å². The molecule has 1 aliphatic rings. The molecule has 0 aliphatic carbocycles. The van der Waals surface area contributed by atoms with Crippen LogP contribution in [0.1, 0.15) is 44.5 Å². The van der Waals surface area contributed by atoms with Gasteiger partial charge >= 0.3 is 5.97 Å². The van der Waals surface area contributed by atoms with Crippen molar-refractivity contribution < 1.29 is 18.7 Å². The molecule has 2 heterocycles. The summed E-state index contributed by atoms with van der Waals surface area (Å²) < 4.78 is 10.7. The molecule has 0 radical (unpaired) electrons. The highest BCUT2D eigenvalue weighted by Gasteiger charge is 2.42. The van der Waals surface area contributed by atoms with Crippen LogP contribution < -0.4 is 5.43 Å². The lowest BCUT2D eigenvalue weighted by molar-refractivity contribution is 0.0600. The summed E-state index contributed by atoms with van der Waals surface area (Å²) in [5.41, 5.74) is 1.68. The van der Waals surface area contributed by atoms with Crippen molar-refractivity contribution in [2.45, 2.75) is 12.5 Å². The molecular formula is C24H24N2O5. The van der Waals surface area contributed by atoms with Crippen LogP contribution in [0, 0.1) is 0 Å². The van der Waals surface area contributed by atoms with E-state index in [-0.39, 0.29) is 17.1 Å². The maximum Gasteiger partial charge on any atom is 0.337 e. The minimum Gasteiger partial charge on any atom is -0.465 e. The number of fused-ring (bicyclic) bond motifs is 2. The third-order valence-corrected chi connectivity index (χ3v) is 5.53. The van der Waals surface area contributed by atoms with Gasteiger partial charge in [-0.15, -0.1) is 0 Å². The molecule has 0 spiro atoms. The first-order valence-electron chi connectivity index (χ1n) is 10.1. The van der Waals surface area contributed by atoms with Crippen LogP contribution in [0.3, 0.4) is 0 Å². The summed E-state index contributed by atoms with van der Waals surface area (Å²) in [4.78, 5) is 42.2. The number of hydrogen-bond donors (Lipinski definition) is 0. The minimum atomic E-state index is -0.572. The fourth-order valence-electron chi connectivity index (χ4n) is 4.02. The van der Waals surface area contributed by atoms with E-state index in [1.165, 1.54) is 7.11 Å². The van der Waals surface area contributed by atoms with Crippen LogP contribution in [0.15, 0.2) is 57.7 Å². The normalized spacial score (nSPS) is 15.5. The number of nitrogens with zero attached hydrogens (tertiary/aromatic N) is 2. The second-order valence-corrected chi connectivity index (χ2v) is 7.84. The van der Waals surface area contributed by atoms with Gasteiger partial charge in [0, 0.05) is 6.54 Å². The van der Waals surface area contributed by atoms with Crippen molar-refractivity contribution >= 4 is 22.8 Å². The van der Waals surface area contributed by atoms with Crippen molar-refractivity contribution in [2.75, 3.05) is 34.3 Å². The Bertz CT molecular complexity index is 1200. The van der Waals surface area contributed by atoms with E-state index in [1.807, 2.05) is 19.0 Å². The summed E-state index contributed by atoms with van der Waals surface area (Å²) in [5.74, 6) is -0.642. The van der Waals surface area contributed by atoms with Gasteiger partial charge in [-0.3, -0.25) is 9.59 Å². The largest absolute Gasteiger partial charge is 0.465 e. The number of carbonyl (C=O) groups is 2. The molecule has 2 aromatic carbocycles. The van der Waals surface area contributed by atoms with Crippen molar-refractivity contribution in [3.05, 3.63) is 81.2 Å². The Balaban J connectivity index is 1.83. The fraction of sp³-hybridized carbons (Fsp3) is 0.292. The third-order valence-electron chi connectivity index (χ3n) is 5.53. The molecule has 3 aromatic rings. The SMILES string of the molecule is COC(=O)c1ccc([C@H]2c3c(oc4ccccc4c3=O)C(=O)N2CCCN(C)C)cc1. The predicted molar refractivity (Wildman–Crippen MR) is 116 cm³/mol. The lowest BCUT2D eigenvalue weighted by atomic mass is 9.97. The number of hydrogen-bond acceptors (Lipinski definition) is 6. The second kappa shape index (κ2) is 8.35. The van der Waals surface area contributed by atoms with Crippen LogP contribution in [-0.4, -0.2) is 56.0 Å². The number of methoxy groups -OCH3 is 1. The van der Waals surface area contributed by atoms with Gasteiger partial charge in [-0.25, -0.2) is 4.79 Å². The highest BCUT2D eigenvalue weighted by molar-refractivity contribution is 5.99. The third kappa shape index (κ3) is 3.72. The summed E-state index contributed by atoms with van der Waals surface area (Å²) >= 11 is 0. The molecule has 0 bridgehead atoms. The number of carbonyl (C=O) groups excluding carboxylic acids is 2. The van der Waals surface area contributed by atoms with Crippen LogP contribution in [0.5, 0.6) is 0 Å². The van der Waals surface area contributed by atoms with Crippen LogP contribution in [0.2, 0.25) is 0 Å². The Labute approximate surface area is 179 Å². The molecule has 31 heavy (non-hydrogen) atoms. The quantitative estimate of drug-likeness (QED) is 0.570. The molecule has 0 unspecified atom stereocenters. The smallest absolute Gasteiger partial charge is 0.337 e. The molecule has 1 aromatic heterocycles. The molecule has 0 saturated carbocycles. The molecule has 0 N–H and O–H groups in total. The topological polar surface area (TPSA) is 80.1 Å². The zero-order valence-corrected chi connectivity index (χ0v) is 17.8. The monoisotopic (exact) mass is 420 g/mol. The lowest BCUT2D eigenvalue weighted by Crippen LogP contribution is -2.32. The van der Waals surface area contributed by atoms with E-state index in [2.05, 4.69) is 0 Å². The molecule has 7 nitrogen and oxygen atoms in total. The Hall–Kier alpha value is -3.45. The number of ether oxygens (including phenoxy) is 1. The van der Waals surface area contributed by atoms with Gasteiger partial charge in [-0.1, -0.05) is 24.3 Å². The first kappa shape index (κ1) is 20.8. The average Bonchev–Trinajstić information content (AvgIpc) is 3.05. The highest BCUT2D eigenvalue weighted by atomic mass is 16.5. The average molecular weight is 420 g/mol. The first-order chi connectivity index (χ1) is 14.9. The molecule has 1 amide bonds. The summed E-state index contributed by atoms with van der Waals surface area (Å²) in [6.45, 7) is 1.28. The molecule has 7 heteroatoms. The summed E-state index contributed by atoms with van der Waals surface area (Å²) in [6, 6.07) is 13.2. The molecule has 160 valence electrons. The number of para-hydroxylation sites is 1. The maximum absolute atomic E-state index is 13.4. The Morgan fingerprint density at radius 2 is 1.81 bits per heavy atom. The molecule has 1 aliphatic heterocycles. The Morgan fingerprint density at radius 3 is 2.48 bits per heavy atom. The first-order valence-corrected chi connectivity index (χ1v) is 10.1. The van der Waals surface area contributed by atoms with Crippen LogP contribution in [-0.2, 0) is 4.74 Å². The van der Waals surface area contributed by atoms with Crippen molar-refractivity contribution in [3.63, 3.8) is 0 Å². The number of amides is 1. The maximum atomic E-state index is 13.4. The lowest BCUT2D eigenvalue weighted by Gasteiger charge is -2.25. The van der Waals surface area contributed by atoms with Gasteiger partial charge in [-0.05, 0) is 56.9 Å². The van der Waals surface area contributed by atoms with Gasteiger partial charge in [-0.2, -0.15) is 0 Å². The molecular weight excluding hydrogens is 396 g/mol. The summed E-state index contributed by atoms with van der Waals surface area (Å²) in [7, 11) is 5.27. The van der Waals surface area contributed by atoms with Crippen molar-refractivity contribution in [3.8, 4) is 0 Å². The number of esters is 1. The van der Waals surface area contributed by atoms with E-state index in [0.29, 0.717) is 28.6 Å². The van der Waals surface area contributed by atoms with Crippen LogP contribution >= 0.6 is 0 Å². The zero-order valence-electron chi connectivity index (χ0n) is 17.8. The van der Waals surface area contributed by atoms with Gasteiger partial charge in [0.1, 0.15) is 5.58 Å². The van der Waals surface area contributed by atoms with Gasteiger partial charge in [0.05, 0.1) is 29.7 Å². The minimum absolute atomic E-state index is 0.0931.